The van der Waals surface area contributed by atoms with Crippen molar-refractivity contribution in [3.8, 4) is 5.75 Å². The molecule has 1 saturated heterocycles. The molecule has 2 aromatic carbocycles. The molecule has 1 fully saturated rings. The lowest BCUT2D eigenvalue weighted by Gasteiger charge is -2.26. The summed E-state index contributed by atoms with van der Waals surface area (Å²) in [6, 6.07) is 9.50. The van der Waals surface area contributed by atoms with E-state index in [4.69, 9.17) is 4.74 Å². The highest BCUT2D eigenvalue weighted by atomic mass is 32.2. The molecule has 0 bridgehead atoms. The smallest absolute Gasteiger partial charge is 0.269 e. The minimum absolute atomic E-state index is 0.0223. The number of nitrogens with zero attached hydrogens (tertiary/aromatic N) is 2. The number of ether oxygens (including phenoxy) is 1. The maximum Gasteiger partial charge on any atom is 0.269 e. The summed E-state index contributed by atoms with van der Waals surface area (Å²) in [6.07, 6.45) is 2.61. The Morgan fingerprint density at radius 1 is 1.10 bits per heavy atom. The Bertz CT molecular complexity index is 1010. The van der Waals surface area contributed by atoms with Crippen molar-refractivity contribution in [1.29, 1.82) is 0 Å². The molecule has 0 unspecified atom stereocenters. The first-order valence-electron chi connectivity index (χ1n) is 9.07. The zero-order valence-corrected chi connectivity index (χ0v) is 16.6. The van der Waals surface area contributed by atoms with Crippen molar-refractivity contribution >= 4 is 27.3 Å². The number of sulfonamides is 1. The van der Waals surface area contributed by atoms with E-state index in [2.05, 4.69) is 5.32 Å². The summed E-state index contributed by atoms with van der Waals surface area (Å²) in [5.41, 5.74) is 0.297. The van der Waals surface area contributed by atoms with Gasteiger partial charge < -0.3 is 10.1 Å². The molecule has 1 aliphatic heterocycles. The minimum Gasteiger partial charge on any atom is -0.496 e. The molecule has 0 aromatic heterocycles. The van der Waals surface area contributed by atoms with Crippen molar-refractivity contribution in [3.63, 3.8) is 0 Å². The molecule has 3 rings (SSSR count). The van der Waals surface area contributed by atoms with E-state index in [0.717, 1.165) is 19.3 Å². The fourth-order valence-corrected chi connectivity index (χ4v) is 4.69. The summed E-state index contributed by atoms with van der Waals surface area (Å²) in [5, 5.41) is 13.3. The van der Waals surface area contributed by atoms with Crippen LogP contribution < -0.4 is 10.1 Å². The lowest BCUT2D eigenvalue weighted by Crippen LogP contribution is -2.35. The fraction of sp³-hybridized carbons (Fsp3) is 0.316. The second-order valence-corrected chi connectivity index (χ2v) is 8.52. The standard InChI is InChI=1S/C19H21N3O6S/c1-28-18-10-9-16(29(26,27)21-11-3-2-4-12-21)13-17(18)19(23)20-14-5-7-15(8-6-14)22(24)25/h5-10,13H,2-4,11-12H2,1H3,(H,20,23). The van der Waals surface area contributed by atoms with Crippen LogP contribution in [0.2, 0.25) is 0 Å². The minimum atomic E-state index is -3.71. The Morgan fingerprint density at radius 2 is 1.76 bits per heavy atom. The number of amides is 1. The first kappa shape index (κ1) is 20.7. The Hall–Kier alpha value is -2.98. The monoisotopic (exact) mass is 419 g/mol. The van der Waals surface area contributed by atoms with Crippen molar-refractivity contribution in [1.82, 2.24) is 4.31 Å². The third-order valence-electron chi connectivity index (χ3n) is 4.70. The lowest BCUT2D eigenvalue weighted by atomic mass is 10.1. The van der Waals surface area contributed by atoms with Crippen LogP contribution in [0.3, 0.4) is 0 Å². The number of anilines is 1. The first-order chi connectivity index (χ1) is 13.8. The molecular weight excluding hydrogens is 398 g/mol. The molecule has 0 aliphatic carbocycles. The van der Waals surface area contributed by atoms with E-state index in [0.29, 0.717) is 18.8 Å². The molecule has 1 amide bonds. The molecule has 0 saturated carbocycles. The van der Waals surface area contributed by atoms with Crippen molar-refractivity contribution in [2.75, 3.05) is 25.5 Å². The van der Waals surface area contributed by atoms with Crippen LogP contribution in [0.25, 0.3) is 0 Å². The summed E-state index contributed by atoms with van der Waals surface area (Å²) >= 11 is 0. The number of carbonyl (C=O) groups excluding carboxylic acids is 1. The second kappa shape index (κ2) is 8.58. The number of nitrogens with one attached hydrogen (secondary N) is 1. The molecule has 1 heterocycles. The van der Waals surface area contributed by atoms with Gasteiger partial charge in [0, 0.05) is 30.9 Å². The van der Waals surface area contributed by atoms with Gasteiger partial charge >= 0.3 is 0 Å². The van der Waals surface area contributed by atoms with Gasteiger partial charge in [0.05, 0.1) is 22.5 Å². The van der Waals surface area contributed by atoms with Crippen LogP contribution in [0.5, 0.6) is 5.75 Å². The molecule has 9 nitrogen and oxygen atoms in total. The van der Waals surface area contributed by atoms with Crippen LogP contribution in [0.1, 0.15) is 29.6 Å². The number of nitro groups is 1. The van der Waals surface area contributed by atoms with Gasteiger partial charge in [-0.15, -0.1) is 0 Å². The molecule has 29 heavy (non-hydrogen) atoms. The van der Waals surface area contributed by atoms with E-state index in [9.17, 15) is 23.3 Å². The topological polar surface area (TPSA) is 119 Å². The van der Waals surface area contributed by atoms with Crippen molar-refractivity contribution < 1.29 is 22.9 Å². The quantitative estimate of drug-likeness (QED) is 0.568. The number of carbonyl (C=O) groups is 1. The summed E-state index contributed by atoms with van der Waals surface area (Å²) in [4.78, 5) is 23.0. The highest BCUT2D eigenvalue weighted by Crippen LogP contribution is 2.27. The molecular formula is C19H21N3O6S. The number of benzene rings is 2. The van der Waals surface area contributed by atoms with Crippen LogP contribution in [0.15, 0.2) is 47.4 Å². The molecule has 1 aliphatic rings. The van der Waals surface area contributed by atoms with Crippen LogP contribution in [-0.2, 0) is 10.0 Å². The van der Waals surface area contributed by atoms with Crippen LogP contribution in [0, 0.1) is 10.1 Å². The number of nitro benzene ring substituents is 1. The van der Waals surface area contributed by atoms with Crippen molar-refractivity contribution in [3.05, 3.63) is 58.1 Å². The number of non-ortho nitro benzene ring substituents is 1. The molecule has 0 radical (unpaired) electrons. The van der Waals surface area contributed by atoms with Gasteiger partial charge in [-0.3, -0.25) is 14.9 Å². The Labute approximate surface area is 168 Å². The number of hydrogen-bond acceptors (Lipinski definition) is 6. The van der Waals surface area contributed by atoms with Gasteiger partial charge in [-0.05, 0) is 43.2 Å². The average molecular weight is 419 g/mol. The zero-order valence-electron chi connectivity index (χ0n) is 15.8. The SMILES string of the molecule is COc1ccc(S(=O)(=O)N2CCCCC2)cc1C(=O)Nc1ccc([N+](=O)[O-])cc1. The zero-order chi connectivity index (χ0) is 21.0. The summed E-state index contributed by atoms with van der Waals surface area (Å²) < 4.78 is 32.5. The van der Waals surface area contributed by atoms with Crippen molar-refractivity contribution in [2.24, 2.45) is 0 Å². The summed E-state index contributed by atoms with van der Waals surface area (Å²) in [6.45, 7) is 0.914. The highest BCUT2D eigenvalue weighted by Gasteiger charge is 2.27. The Morgan fingerprint density at radius 3 is 2.34 bits per heavy atom. The predicted octanol–water partition coefficient (Wildman–Crippen LogP) is 3.03. The summed E-state index contributed by atoms with van der Waals surface area (Å²) in [7, 11) is -2.32. The van der Waals surface area contributed by atoms with Gasteiger partial charge in [0.2, 0.25) is 10.0 Å². The number of hydrogen-bond donors (Lipinski definition) is 1. The highest BCUT2D eigenvalue weighted by molar-refractivity contribution is 7.89. The fourth-order valence-electron chi connectivity index (χ4n) is 3.14. The normalized spacial score (nSPS) is 14.9. The van der Waals surface area contributed by atoms with Crippen LogP contribution >= 0.6 is 0 Å². The molecule has 154 valence electrons. The van der Waals surface area contributed by atoms with E-state index in [1.165, 1.54) is 53.9 Å². The van der Waals surface area contributed by atoms with E-state index in [-0.39, 0.29) is 21.9 Å². The number of piperidine rings is 1. The third-order valence-corrected chi connectivity index (χ3v) is 6.60. The molecule has 0 spiro atoms. The van der Waals surface area contributed by atoms with E-state index >= 15 is 0 Å². The van der Waals surface area contributed by atoms with E-state index in [1.54, 1.807) is 0 Å². The third kappa shape index (κ3) is 4.54. The predicted molar refractivity (Wildman–Crippen MR) is 107 cm³/mol. The van der Waals surface area contributed by atoms with Crippen LogP contribution in [-0.4, -0.2) is 43.8 Å². The van der Waals surface area contributed by atoms with Gasteiger partial charge in [-0.1, -0.05) is 6.42 Å². The van der Waals surface area contributed by atoms with Gasteiger partial charge in [-0.25, -0.2) is 8.42 Å². The van der Waals surface area contributed by atoms with Gasteiger partial charge in [0.25, 0.3) is 11.6 Å². The average Bonchev–Trinajstić information content (AvgIpc) is 2.74. The van der Waals surface area contributed by atoms with Crippen LogP contribution in [0.4, 0.5) is 11.4 Å². The summed E-state index contributed by atoms with van der Waals surface area (Å²) in [5.74, 6) is -0.353. The molecule has 2 aromatic rings. The molecule has 10 heteroatoms. The second-order valence-electron chi connectivity index (χ2n) is 6.58. The maximum absolute atomic E-state index is 12.9. The van der Waals surface area contributed by atoms with E-state index in [1.807, 2.05) is 0 Å². The molecule has 1 N–H and O–H groups in total. The Kier molecular flexibility index (Phi) is 6.14. The van der Waals surface area contributed by atoms with Crippen molar-refractivity contribution in [2.45, 2.75) is 24.2 Å². The Balaban J connectivity index is 1.88. The maximum atomic E-state index is 12.9. The van der Waals surface area contributed by atoms with Gasteiger partial charge in [-0.2, -0.15) is 4.31 Å². The first-order valence-corrected chi connectivity index (χ1v) is 10.5. The molecule has 0 atom stereocenters. The van der Waals surface area contributed by atoms with Gasteiger partial charge in [0.1, 0.15) is 5.75 Å². The number of rotatable bonds is 6. The number of methoxy groups -OCH3 is 1. The largest absolute Gasteiger partial charge is 0.496 e. The lowest BCUT2D eigenvalue weighted by molar-refractivity contribution is -0.384. The van der Waals surface area contributed by atoms with E-state index < -0.39 is 20.9 Å². The van der Waals surface area contributed by atoms with Gasteiger partial charge in [0.15, 0.2) is 0 Å².